The highest BCUT2D eigenvalue weighted by Gasteiger charge is 2.40. The molecule has 2 unspecified atom stereocenters. The first-order chi connectivity index (χ1) is 11.3. The molecular formula is C19H38O6. The molecule has 1 saturated heterocycles. The van der Waals surface area contributed by atoms with E-state index in [-0.39, 0.29) is 6.29 Å². The summed E-state index contributed by atoms with van der Waals surface area (Å²) in [6, 6.07) is 0. The molecule has 0 aromatic carbocycles. The lowest BCUT2D eigenvalue weighted by Gasteiger charge is -2.42. The summed E-state index contributed by atoms with van der Waals surface area (Å²) in [5.74, 6) is 0. The highest BCUT2D eigenvalue weighted by molar-refractivity contribution is 4.85. The van der Waals surface area contributed by atoms with Crippen LogP contribution in [0.1, 0.15) is 61.3 Å². The van der Waals surface area contributed by atoms with Gasteiger partial charge in [-0.2, -0.15) is 0 Å². The zero-order valence-electron chi connectivity index (χ0n) is 17.0. The average molecular weight is 363 g/mol. The van der Waals surface area contributed by atoms with Crippen molar-refractivity contribution in [3.63, 3.8) is 0 Å². The van der Waals surface area contributed by atoms with E-state index < -0.39 is 28.8 Å². The molecule has 0 spiro atoms. The third-order valence-corrected chi connectivity index (χ3v) is 4.36. The van der Waals surface area contributed by atoms with Gasteiger partial charge in [0, 0.05) is 12.8 Å². The summed E-state index contributed by atoms with van der Waals surface area (Å²) in [6.07, 6.45) is 0.0201. The van der Waals surface area contributed by atoms with Crippen LogP contribution >= 0.6 is 0 Å². The van der Waals surface area contributed by atoms with Crippen LogP contribution in [-0.4, -0.2) is 66.3 Å². The van der Waals surface area contributed by atoms with Gasteiger partial charge in [-0.3, -0.25) is 0 Å². The van der Waals surface area contributed by atoms with Crippen LogP contribution in [-0.2, 0) is 18.9 Å². The van der Waals surface area contributed by atoms with Gasteiger partial charge in [0.25, 0.3) is 0 Å². The Bertz CT molecular complexity index is 355. The van der Waals surface area contributed by atoms with Crippen molar-refractivity contribution in [1.29, 1.82) is 0 Å². The van der Waals surface area contributed by atoms with E-state index in [0.29, 0.717) is 39.3 Å². The molecule has 1 fully saturated rings. The van der Waals surface area contributed by atoms with Crippen LogP contribution < -0.4 is 0 Å². The number of aliphatic hydroxyl groups is 2. The minimum atomic E-state index is -0.445. The lowest BCUT2D eigenvalue weighted by atomic mass is 9.90. The van der Waals surface area contributed by atoms with Crippen molar-refractivity contribution in [1.82, 2.24) is 0 Å². The molecule has 1 aliphatic heterocycles. The van der Waals surface area contributed by atoms with Crippen molar-refractivity contribution < 1.29 is 29.2 Å². The molecule has 0 bridgehead atoms. The fourth-order valence-electron chi connectivity index (χ4n) is 3.12. The maximum absolute atomic E-state index is 9.64. The minimum Gasteiger partial charge on any atom is -0.393 e. The number of ether oxygens (including phenoxy) is 4. The zero-order valence-corrected chi connectivity index (χ0v) is 17.0. The first kappa shape index (κ1) is 22.8. The Hall–Kier alpha value is -0.240. The van der Waals surface area contributed by atoms with Crippen molar-refractivity contribution in [2.45, 2.75) is 91.0 Å². The second-order valence-corrected chi connectivity index (χ2v) is 8.89. The Kier molecular flexibility index (Phi) is 8.31. The topological polar surface area (TPSA) is 77.4 Å². The molecule has 0 aliphatic carbocycles. The summed E-state index contributed by atoms with van der Waals surface area (Å²) in [5.41, 5.74) is -1.29. The normalized spacial score (nSPS) is 28.0. The molecule has 0 amide bonds. The van der Waals surface area contributed by atoms with Crippen LogP contribution in [0.5, 0.6) is 0 Å². The summed E-state index contributed by atoms with van der Waals surface area (Å²) >= 11 is 0. The molecule has 0 saturated carbocycles. The predicted molar refractivity (Wildman–Crippen MR) is 96.5 cm³/mol. The van der Waals surface area contributed by atoms with Crippen molar-refractivity contribution in [3.05, 3.63) is 0 Å². The minimum absolute atomic E-state index is 0.232. The molecule has 150 valence electrons. The van der Waals surface area contributed by atoms with Gasteiger partial charge in [0.2, 0.25) is 0 Å². The van der Waals surface area contributed by atoms with Crippen LogP contribution in [0.25, 0.3) is 0 Å². The number of hydrogen-bond acceptors (Lipinski definition) is 6. The second kappa shape index (κ2) is 9.11. The molecule has 6 nitrogen and oxygen atoms in total. The number of aliphatic hydroxyl groups excluding tert-OH is 2. The second-order valence-electron chi connectivity index (χ2n) is 8.89. The van der Waals surface area contributed by atoms with Gasteiger partial charge in [0.05, 0.1) is 55.3 Å². The number of rotatable bonds is 10. The van der Waals surface area contributed by atoms with E-state index in [2.05, 4.69) is 0 Å². The van der Waals surface area contributed by atoms with Gasteiger partial charge in [-0.25, -0.2) is 0 Å². The van der Waals surface area contributed by atoms with E-state index in [1.54, 1.807) is 13.8 Å². The van der Waals surface area contributed by atoms with Gasteiger partial charge >= 0.3 is 0 Å². The fraction of sp³-hybridized carbons (Fsp3) is 1.00. The van der Waals surface area contributed by atoms with Gasteiger partial charge in [0.1, 0.15) is 0 Å². The highest BCUT2D eigenvalue weighted by Crippen LogP contribution is 2.31. The molecule has 0 aromatic heterocycles. The quantitative estimate of drug-likeness (QED) is 0.622. The fourth-order valence-corrected chi connectivity index (χ4v) is 3.12. The van der Waals surface area contributed by atoms with E-state index in [9.17, 15) is 10.2 Å². The molecule has 1 aliphatic rings. The van der Waals surface area contributed by atoms with Gasteiger partial charge in [-0.15, -0.1) is 0 Å². The largest absolute Gasteiger partial charge is 0.393 e. The molecular weight excluding hydrogens is 324 g/mol. The lowest BCUT2D eigenvalue weighted by molar-refractivity contribution is -0.257. The molecule has 0 aromatic rings. The first-order valence-corrected chi connectivity index (χ1v) is 9.22. The van der Waals surface area contributed by atoms with Gasteiger partial charge < -0.3 is 29.2 Å². The Morgan fingerprint density at radius 3 is 1.60 bits per heavy atom. The summed E-state index contributed by atoms with van der Waals surface area (Å²) < 4.78 is 23.6. The molecule has 1 heterocycles. The molecule has 25 heavy (non-hydrogen) atoms. The third-order valence-electron chi connectivity index (χ3n) is 4.36. The van der Waals surface area contributed by atoms with Crippen molar-refractivity contribution in [3.8, 4) is 0 Å². The van der Waals surface area contributed by atoms with E-state index in [1.807, 2.05) is 34.6 Å². The van der Waals surface area contributed by atoms with Gasteiger partial charge in [0.15, 0.2) is 6.29 Å². The lowest BCUT2D eigenvalue weighted by Crippen LogP contribution is -2.50. The van der Waals surface area contributed by atoms with Crippen LogP contribution in [0.4, 0.5) is 0 Å². The van der Waals surface area contributed by atoms with Crippen LogP contribution in [0, 0.1) is 5.41 Å². The van der Waals surface area contributed by atoms with Crippen molar-refractivity contribution >= 4 is 0 Å². The summed E-state index contributed by atoms with van der Waals surface area (Å²) in [5, 5.41) is 19.3. The average Bonchev–Trinajstić information content (AvgIpc) is 2.43. The maximum atomic E-state index is 9.64. The molecule has 2 N–H and O–H groups in total. The van der Waals surface area contributed by atoms with Crippen molar-refractivity contribution in [2.75, 3.05) is 26.4 Å². The molecule has 0 radical (unpaired) electrons. The van der Waals surface area contributed by atoms with E-state index >= 15 is 0 Å². The van der Waals surface area contributed by atoms with Gasteiger partial charge in [-0.05, 0) is 48.5 Å². The molecule has 2 atom stereocenters. The van der Waals surface area contributed by atoms with E-state index in [1.165, 1.54) is 0 Å². The Morgan fingerprint density at radius 1 is 0.920 bits per heavy atom. The Labute approximate surface area is 152 Å². The summed E-state index contributed by atoms with van der Waals surface area (Å²) in [6.45, 7) is 15.1. The van der Waals surface area contributed by atoms with Crippen LogP contribution in [0.3, 0.4) is 0 Å². The third kappa shape index (κ3) is 8.80. The van der Waals surface area contributed by atoms with Crippen LogP contribution in [0.2, 0.25) is 0 Å². The first-order valence-electron chi connectivity index (χ1n) is 9.22. The van der Waals surface area contributed by atoms with Crippen LogP contribution in [0.15, 0.2) is 0 Å². The zero-order chi connectivity index (χ0) is 19.3. The monoisotopic (exact) mass is 362 g/mol. The van der Waals surface area contributed by atoms with E-state index in [4.69, 9.17) is 18.9 Å². The summed E-state index contributed by atoms with van der Waals surface area (Å²) in [4.78, 5) is 0. The highest BCUT2D eigenvalue weighted by atomic mass is 16.7. The Morgan fingerprint density at radius 2 is 1.28 bits per heavy atom. The number of hydrogen-bond donors (Lipinski definition) is 2. The Balaban J connectivity index is 2.71. The predicted octanol–water partition coefficient (Wildman–Crippen LogP) is 2.50. The maximum Gasteiger partial charge on any atom is 0.154 e. The molecule has 6 heteroatoms. The SMILES string of the molecule is CC(O)CC(C)(C)OCC1(COC(C)(C)CC(C)O)COC(C)OC1. The van der Waals surface area contributed by atoms with Gasteiger partial charge in [-0.1, -0.05) is 0 Å². The smallest absolute Gasteiger partial charge is 0.154 e. The van der Waals surface area contributed by atoms with E-state index in [0.717, 1.165) is 0 Å². The van der Waals surface area contributed by atoms with Crippen molar-refractivity contribution in [2.24, 2.45) is 5.41 Å². The standard InChI is InChI=1S/C19H38O6/c1-14(20)8-17(4,5)24-12-19(10-22-16(3)23-11-19)13-25-18(6,7)9-15(2)21/h14-16,20-21H,8-13H2,1-7H3. The summed E-state index contributed by atoms with van der Waals surface area (Å²) in [7, 11) is 0. The molecule has 1 rings (SSSR count).